The summed E-state index contributed by atoms with van der Waals surface area (Å²) in [6.07, 6.45) is 2.40. The number of carbonyl (C=O) groups excluding carboxylic acids is 1. The molecule has 2 atom stereocenters. The summed E-state index contributed by atoms with van der Waals surface area (Å²) in [7, 11) is 0. The number of carbonyl (C=O) groups is 1. The number of halogens is 1. The van der Waals surface area contributed by atoms with Gasteiger partial charge in [-0.15, -0.1) is 0 Å². The van der Waals surface area contributed by atoms with Crippen molar-refractivity contribution in [1.29, 1.82) is 5.26 Å². The monoisotopic (exact) mass is 343 g/mol. The maximum absolute atomic E-state index is 11.6. The molecule has 21 heavy (non-hydrogen) atoms. The molecule has 1 N–H and O–H groups in total. The number of rotatable bonds is 2. The van der Waals surface area contributed by atoms with Crippen LogP contribution < -0.4 is 5.32 Å². The lowest BCUT2D eigenvalue weighted by Gasteiger charge is -2.17. The van der Waals surface area contributed by atoms with Gasteiger partial charge in [0.15, 0.2) is 6.10 Å². The molecule has 5 nitrogen and oxygen atoms in total. The van der Waals surface area contributed by atoms with Crippen molar-refractivity contribution in [3.63, 3.8) is 0 Å². The van der Waals surface area contributed by atoms with Crippen molar-refractivity contribution in [3.05, 3.63) is 63.9 Å². The minimum Gasteiger partial charge on any atom is -0.439 e. The van der Waals surface area contributed by atoms with Crippen molar-refractivity contribution in [2.45, 2.75) is 12.1 Å². The lowest BCUT2D eigenvalue weighted by Crippen LogP contribution is -2.19. The summed E-state index contributed by atoms with van der Waals surface area (Å²) in [6, 6.07) is 10.7. The van der Waals surface area contributed by atoms with Crippen molar-refractivity contribution in [2.75, 3.05) is 0 Å². The molecule has 2 unspecified atom stereocenters. The molecule has 0 bridgehead atoms. The molecule has 2 aromatic rings. The Morgan fingerprint density at radius 3 is 2.90 bits per heavy atom. The van der Waals surface area contributed by atoms with E-state index in [1.54, 1.807) is 30.6 Å². The minimum atomic E-state index is -0.484. The Bertz CT molecular complexity index is 742. The molecule has 1 aromatic heterocycles. The highest BCUT2D eigenvalue weighted by atomic mass is 79.9. The summed E-state index contributed by atoms with van der Waals surface area (Å²) < 4.78 is 6.18. The van der Waals surface area contributed by atoms with Crippen molar-refractivity contribution in [2.24, 2.45) is 0 Å². The van der Waals surface area contributed by atoms with Gasteiger partial charge in [-0.05, 0) is 45.3 Å². The third kappa shape index (κ3) is 2.73. The van der Waals surface area contributed by atoms with Crippen molar-refractivity contribution in [3.8, 4) is 6.07 Å². The van der Waals surface area contributed by atoms with E-state index in [0.717, 1.165) is 15.6 Å². The highest BCUT2D eigenvalue weighted by Crippen LogP contribution is 2.37. The van der Waals surface area contributed by atoms with E-state index in [2.05, 4.69) is 32.3 Å². The highest BCUT2D eigenvalue weighted by molar-refractivity contribution is 9.10. The zero-order valence-corrected chi connectivity index (χ0v) is 12.4. The van der Waals surface area contributed by atoms with Crippen LogP contribution in [0.2, 0.25) is 0 Å². The number of alkyl carbamates (subject to hydrolysis) is 1. The van der Waals surface area contributed by atoms with Crippen LogP contribution in [-0.2, 0) is 4.74 Å². The molecule has 3 rings (SSSR count). The average molecular weight is 344 g/mol. The van der Waals surface area contributed by atoms with Crippen molar-refractivity contribution < 1.29 is 9.53 Å². The predicted molar refractivity (Wildman–Crippen MR) is 78.2 cm³/mol. The van der Waals surface area contributed by atoms with E-state index in [9.17, 15) is 4.79 Å². The van der Waals surface area contributed by atoms with Gasteiger partial charge in [0.2, 0.25) is 0 Å². The number of ether oxygens (including phenoxy) is 1. The SMILES string of the molecule is N#Cc1cccc(C2OC(=O)NC2c2cncc(Br)c2)c1. The molecular formula is C15H10BrN3O2. The fraction of sp³-hybridized carbons (Fsp3) is 0.133. The van der Waals surface area contributed by atoms with Crippen LogP contribution in [0, 0.1) is 11.3 Å². The van der Waals surface area contributed by atoms with Gasteiger partial charge >= 0.3 is 6.09 Å². The van der Waals surface area contributed by atoms with Crippen LogP contribution in [0.1, 0.15) is 28.8 Å². The van der Waals surface area contributed by atoms with Crippen molar-refractivity contribution >= 4 is 22.0 Å². The molecule has 0 aliphatic carbocycles. The predicted octanol–water partition coefficient (Wildman–Crippen LogP) is 3.24. The quantitative estimate of drug-likeness (QED) is 0.908. The molecule has 6 heteroatoms. The molecule has 1 fully saturated rings. The molecule has 1 saturated heterocycles. The molecule has 0 spiro atoms. The first-order valence-electron chi connectivity index (χ1n) is 6.25. The van der Waals surface area contributed by atoms with Gasteiger partial charge in [-0.2, -0.15) is 5.26 Å². The second-order valence-electron chi connectivity index (χ2n) is 4.62. The first kappa shape index (κ1) is 13.6. The fourth-order valence-electron chi connectivity index (χ4n) is 2.32. The molecule has 2 heterocycles. The number of nitrogens with zero attached hydrogens (tertiary/aromatic N) is 2. The van der Waals surface area contributed by atoms with Crippen LogP contribution in [0.15, 0.2) is 47.2 Å². The number of benzene rings is 1. The van der Waals surface area contributed by atoms with Crippen LogP contribution in [0.3, 0.4) is 0 Å². The molecule has 0 saturated carbocycles. The third-order valence-corrected chi connectivity index (χ3v) is 3.67. The number of pyridine rings is 1. The standard InChI is InChI=1S/C15H10BrN3O2/c16-12-5-11(7-18-8-12)13-14(21-15(20)19-13)10-3-1-2-9(4-10)6-17/h1-5,7-8,13-14H,(H,19,20). The minimum absolute atomic E-state index is 0.337. The maximum atomic E-state index is 11.6. The van der Waals surface area contributed by atoms with Gasteiger partial charge in [-0.25, -0.2) is 4.79 Å². The van der Waals surface area contributed by atoms with Gasteiger partial charge < -0.3 is 10.1 Å². The normalized spacial score (nSPS) is 20.5. The molecule has 1 aromatic carbocycles. The van der Waals surface area contributed by atoms with Crippen LogP contribution >= 0.6 is 15.9 Å². The van der Waals surface area contributed by atoms with E-state index in [1.807, 2.05) is 12.1 Å². The van der Waals surface area contributed by atoms with E-state index in [-0.39, 0.29) is 6.04 Å². The number of amides is 1. The summed E-state index contributed by atoms with van der Waals surface area (Å²) in [5.41, 5.74) is 2.14. The van der Waals surface area contributed by atoms with Crippen LogP contribution in [0.5, 0.6) is 0 Å². The summed E-state index contributed by atoms with van der Waals surface area (Å²) in [5, 5.41) is 11.8. The first-order valence-corrected chi connectivity index (χ1v) is 7.04. The highest BCUT2D eigenvalue weighted by Gasteiger charge is 2.36. The second-order valence-corrected chi connectivity index (χ2v) is 5.54. The van der Waals surface area contributed by atoms with E-state index in [0.29, 0.717) is 5.56 Å². The lowest BCUT2D eigenvalue weighted by atomic mass is 9.96. The van der Waals surface area contributed by atoms with E-state index in [4.69, 9.17) is 10.00 Å². The van der Waals surface area contributed by atoms with Crippen LogP contribution in [0.25, 0.3) is 0 Å². The van der Waals surface area contributed by atoms with E-state index < -0.39 is 12.2 Å². The molecule has 1 aliphatic rings. The molecule has 104 valence electrons. The number of nitriles is 1. The Morgan fingerprint density at radius 2 is 2.14 bits per heavy atom. The molecule has 0 radical (unpaired) electrons. The van der Waals surface area contributed by atoms with Gasteiger partial charge in [0.1, 0.15) is 6.04 Å². The van der Waals surface area contributed by atoms with E-state index in [1.165, 1.54) is 0 Å². The Balaban J connectivity index is 1.99. The van der Waals surface area contributed by atoms with Gasteiger partial charge in [-0.1, -0.05) is 12.1 Å². The van der Waals surface area contributed by atoms with Gasteiger partial charge in [0.25, 0.3) is 0 Å². The largest absolute Gasteiger partial charge is 0.439 e. The summed E-state index contributed by atoms with van der Waals surface area (Å²) in [5.74, 6) is 0. The van der Waals surface area contributed by atoms with Gasteiger partial charge in [-0.3, -0.25) is 4.98 Å². The van der Waals surface area contributed by atoms with Crippen LogP contribution in [-0.4, -0.2) is 11.1 Å². The lowest BCUT2D eigenvalue weighted by molar-refractivity contribution is 0.132. The topological polar surface area (TPSA) is 75.0 Å². The number of aromatic nitrogens is 1. The zero-order valence-electron chi connectivity index (χ0n) is 10.8. The third-order valence-electron chi connectivity index (χ3n) is 3.24. The maximum Gasteiger partial charge on any atom is 0.408 e. The first-order chi connectivity index (χ1) is 10.2. The van der Waals surface area contributed by atoms with E-state index >= 15 is 0 Å². The molecule has 1 amide bonds. The summed E-state index contributed by atoms with van der Waals surface area (Å²) in [4.78, 5) is 15.7. The second kappa shape index (κ2) is 5.54. The average Bonchev–Trinajstić information content (AvgIpc) is 2.89. The van der Waals surface area contributed by atoms with Gasteiger partial charge in [0.05, 0.1) is 11.6 Å². The number of hydrogen-bond donors (Lipinski definition) is 1. The smallest absolute Gasteiger partial charge is 0.408 e. The molecular weight excluding hydrogens is 334 g/mol. The summed E-state index contributed by atoms with van der Waals surface area (Å²) in [6.45, 7) is 0. The molecule has 1 aliphatic heterocycles. The Labute approximate surface area is 129 Å². The number of hydrogen-bond acceptors (Lipinski definition) is 4. The Morgan fingerprint density at radius 1 is 1.29 bits per heavy atom. The number of cyclic esters (lactones) is 1. The van der Waals surface area contributed by atoms with Gasteiger partial charge in [0, 0.05) is 16.9 Å². The fourth-order valence-corrected chi connectivity index (χ4v) is 2.70. The van der Waals surface area contributed by atoms with Crippen LogP contribution in [0.4, 0.5) is 4.79 Å². The Kier molecular flexibility index (Phi) is 3.59. The zero-order chi connectivity index (χ0) is 14.8. The summed E-state index contributed by atoms with van der Waals surface area (Å²) >= 11 is 3.36. The Hall–Kier alpha value is -2.39. The number of nitrogens with one attached hydrogen (secondary N) is 1. The van der Waals surface area contributed by atoms with Crippen molar-refractivity contribution in [1.82, 2.24) is 10.3 Å².